The van der Waals surface area contributed by atoms with Gasteiger partial charge in [-0.3, -0.25) is 9.59 Å². The summed E-state index contributed by atoms with van der Waals surface area (Å²) in [4.78, 5) is 24.9. The molecule has 1 unspecified atom stereocenters. The van der Waals surface area contributed by atoms with Gasteiger partial charge in [0.05, 0.1) is 18.4 Å². The first-order valence-corrected chi connectivity index (χ1v) is 10.7. The Hall–Kier alpha value is -1.62. The molecule has 0 saturated carbocycles. The van der Waals surface area contributed by atoms with Crippen molar-refractivity contribution in [3.05, 3.63) is 23.8 Å². The van der Waals surface area contributed by atoms with Gasteiger partial charge >= 0.3 is 11.9 Å². The first-order chi connectivity index (χ1) is 16.7. The Kier molecular flexibility index (Phi) is 4.70. The highest BCUT2D eigenvalue weighted by atomic mass is 16.5. The molecule has 0 radical (unpaired) electrons. The lowest BCUT2D eigenvalue weighted by Gasteiger charge is -2.43. The van der Waals surface area contributed by atoms with Crippen molar-refractivity contribution >= 4 is 11.9 Å². The second-order valence-corrected chi connectivity index (χ2v) is 8.60. The van der Waals surface area contributed by atoms with Crippen LogP contribution in [-0.4, -0.2) is 36.8 Å². The zero-order chi connectivity index (χ0) is 26.8. The number of allylic oxidation sites excluding steroid dienone is 3. The van der Waals surface area contributed by atoms with E-state index in [2.05, 4.69) is 5.11 Å². The van der Waals surface area contributed by atoms with Crippen LogP contribution in [0, 0.1) is 29.6 Å². The molecule has 0 aromatic carbocycles. The van der Waals surface area contributed by atoms with Crippen molar-refractivity contribution in [1.29, 1.82) is 1.43 Å². The maximum atomic E-state index is 13.0. The Bertz CT molecular complexity index is 866. The van der Waals surface area contributed by atoms with Gasteiger partial charge in [-0.25, -0.2) is 0 Å². The highest BCUT2D eigenvalue weighted by Gasteiger charge is 2.42. The van der Waals surface area contributed by atoms with Crippen molar-refractivity contribution in [2.45, 2.75) is 84.4 Å². The van der Waals surface area contributed by atoms with Gasteiger partial charge in [0.15, 0.2) is 0 Å². The summed E-state index contributed by atoms with van der Waals surface area (Å²) in [5, 5.41) is 4.63. The average Bonchev–Trinajstić information content (AvgIpc) is 2.76. The number of rotatable bonds is 7. The quantitative estimate of drug-likeness (QED) is 0.636. The lowest BCUT2D eigenvalue weighted by atomic mass is 9.65. The van der Waals surface area contributed by atoms with Gasteiger partial charge in [-0.1, -0.05) is 45.8 Å². The zero-order valence-electron chi connectivity index (χ0n) is 24.1. The van der Waals surface area contributed by atoms with E-state index in [0.717, 1.165) is 5.57 Å². The Labute approximate surface area is 184 Å². The largest absolute Gasteiger partial charge is 0.462 e. The van der Waals surface area contributed by atoms with Gasteiger partial charge in [0.2, 0.25) is 1.43 Å². The van der Waals surface area contributed by atoms with Crippen LogP contribution in [0.15, 0.2) is 23.8 Å². The van der Waals surface area contributed by atoms with Gasteiger partial charge in [-0.05, 0) is 49.0 Å². The third-order valence-corrected chi connectivity index (χ3v) is 6.39. The third kappa shape index (κ3) is 5.30. The molecule has 5 heteroatoms. The molecule has 0 bridgehead atoms. The number of aliphatic hydroxyl groups is 1. The number of aliphatic hydroxyl groups excluding tert-OH is 1. The van der Waals surface area contributed by atoms with E-state index < -0.39 is 55.8 Å². The number of carbonyl (C=O) groups excluding carboxylic acids is 2. The molecule has 29 heavy (non-hydrogen) atoms. The molecule has 3 aliphatic rings. The fraction of sp³-hybridized carbons (Fsp3) is 0.750. The van der Waals surface area contributed by atoms with E-state index in [4.69, 9.17) is 19.1 Å². The molecule has 1 fully saturated rings. The minimum absolute atomic E-state index is 0.0413. The molecule has 162 valence electrons. The summed E-state index contributed by atoms with van der Waals surface area (Å²) in [5.74, 6) is -3.60. The molecule has 2 aliphatic carbocycles. The average molecular weight is 412 g/mol. The lowest BCUT2D eigenvalue weighted by molar-refractivity contribution is -0.162. The molecule has 1 saturated heterocycles. The van der Waals surface area contributed by atoms with Crippen LogP contribution in [0.2, 0.25) is 0 Å². The lowest BCUT2D eigenvalue weighted by Crippen LogP contribution is -2.42. The number of fused-ring (bicyclic) bond motifs is 1. The number of cyclic esters (lactones) is 1. The summed E-state index contributed by atoms with van der Waals surface area (Å²) in [6.07, 6.45) is 5.72. The number of ether oxygens (including phenoxy) is 2. The summed E-state index contributed by atoms with van der Waals surface area (Å²) < 4.78 is 65.4. The smallest absolute Gasteiger partial charge is 0.308 e. The van der Waals surface area contributed by atoms with E-state index in [0.29, 0.717) is 19.3 Å². The zero-order valence-corrected chi connectivity index (χ0v) is 17.1. The minimum atomic E-state index is -2.51. The molecule has 1 heterocycles. The molecular weight excluding hydrogens is 368 g/mol. The summed E-state index contributed by atoms with van der Waals surface area (Å²) in [5.41, 5.74) is 0.776. The second kappa shape index (κ2) is 9.46. The first-order valence-electron chi connectivity index (χ1n) is 14.1. The van der Waals surface area contributed by atoms with Gasteiger partial charge in [-0.15, -0.1) is 0 Å². The fourth-order valence-electron chi connectivity index (χ4n) is 4.81. The van der Waals surface area contributed by atoms with Crippen molar-refractivity contribution in [1.82, 2.24) is 0 Å². The third-order valence-electron chi connectivity index (χ3n) is 6.39. The molecule has 0 amide bonds. The molecule has 1 aliphatic heterocycles. The molecule has 0 aromatic rings. The second-order valence-electron chi connectivity index (χ2n) is 8.60. The van der Waals surface area contributed by atoms with Crippen LogP contribution in [0.25, 0.3) is 0 Å². The van der Waals surface area contributed by atoms with Gasteiger partial charge in [0.1, 0.15) is 12.2 Å². The Morgan fingerprint density at radius 1 is 1.45 bits per heavy atom. The van der Waals surface area contributed by atoms with Crippen LogP contribution in [0.5, 0.6) is 0 Å². The van der Waals surface area contributed by atoms with E-state index >= 15 is 0 Å². The topological polar surface area (TPSA) is 72.8 Å². The molecule has 0 spiro atoms. The Morgan fingerprint density at radius 3 is 3.03 bits per heavy atom. The highest BCUT2D eigenvalue weighted by molar-refractivity contribution is 5.72. The number of esters is 2. The van der Waals surface area contributed by atoms with Crippen molar-refractivity contribution in [3.8, 4) is 0 Å². The van der Waals surface area contributed by atoms with Crippen LogP contribution in [0.3, 0.4) is 0 Å². The van der Waals surface area contributed by atoms with E-state index in [1.165, 1.54) is 0 Å². The minimum Gasteiger partial charge on any atom is -0.462 e. The maximum Gasteiger partial charge on any atom is 0.308 e. The number of carbonyl (C=O) groups is 2. The Morgan fingerprint density at radius 2 is 2.31 bits per heavy atom. The van der Waals surface area contributed by atoms with Crippen molar-refractivity contribution in [2.24, 2.45) is 29.6 Å². The monoisotopic (exact) mass is 411 g/mol. The first kappa shape index (κ1) is 14.4. The van der Waals surface area contributed by atoms with E-state index in [9.17, 15) is 9.59 Å². The molecule has 0 aromatic heterocycles. The van der Waals surface area contributed by atoms with Gasteiger partial charge in [0, 0.05) is 20.6 Å². The SMILES string of the molecule is [2H]O[C@H]1CC(=O)OC(CC[C@@H]2[C@@H]3C(=C[C@H](C([2H])([2H])[2H])C[C@@H]3OC(=O)[C@H](CC)C([2H])([2H])[2H])C=C[C@@H]2C)C1. The standard InChI is InChI=1S/C24H36O5/c1-5-15(3)24(27)29-21-11-14(2)10-17-7-6-16(4)20(23(17)21)9-8-19-12-18(25)13-22(26)28-19/h6-7,10,14-16,18-21,23,25H,5,8-9,11-13H2,1-4H3/t14-,15-,16-,18+,19?,20-,21-,23-/m0/s1/i2D3,3D3,25D. The molecule has 8 atom stereocenters. The molecular formula is C24H36O5. The maximum absolute atomic E-state index is 13.0. The molecule has 1 N–H and O–H groups in total. The highest BCUT2D eigenvalue weighted by Crippen LogP contribution is 2.45. The fourth-order valence-corrected chi connectivity index (χ4v) is 4.81. The van der Waals surface area contributed by atoms with Crippen LogP contribution >= 0.6 is 0 Å². The Balaban J connectivity index is 1.86. The summed E-state index contributed by atoms with van der Waals surface area (Å²) in [6.45, 7) is -1.15. The normalized spacial score (nSPS) is 42.3. The van der Waals surface area contributed by atoms with E-state index in [-0.39, 0.29) is 37.0 Å². The van der Waals surface area contributed by atoms with Gasteiger partial charge in [0.25, 0.3) is 0 Å². The van der Waals surface area contributed by atoms with Crippen LogP contribution in [-0.2, 0) is 19.1 Å². The van der Waals surface area contributed by atoms with Crippen molar-refractivity contribution in [2.75, 3.05) is 0 Å². The predicted molar refractivity (Wildman–Crippen MR) is 111 cm³/mol. The van der Waals surface area contributed by atoms with Crippen molar-refractivity contribution in [3.63, 3.8) is 0 Å². The van der Waals surface area contributed by atoms with E-state index in [1.54, 1.807) is 13.0 Å². The van der Waals surface area contributed by atoms with Crippen LogP contribution in [0.1, 0.15) is 74.3 Å². The number of hydrogen-bond acceptors (Lipinski definition) is 5. The van der Waals surface area contributed by atoms with Crippen molar-refractivity contribution < 1.29 is 32.4 Å². The predicted octanol–water partition coefficient (Wildman–Crippen LogP) is 4.20. The molecule has 3 rings (SSSR count). The summed E-state index contributed by atoms with van der Waals surface area (Å²) >= 11 is 0. The van der Waals surface area contributed by atoms with Gasteiger partial charge in [-0.2, -0.15) is 0 Å². The summed E-state index contributed by atoms with van der Waals surface area (Å²) in [7, 11) is 0. The van der Waals surface area contributed by atoms with E-state index in [1.807, 2.05) is 19.1 Å². The van der Waals surface area contributed by atoms with Crippen LogP contribution < -0.4 is 0 Å². The number of hydrogen-bond donors (Lipinski definition) is 1. The molecule has 5 nitrogen and oxygen atoms in total. The van der Waals surface area contributed by atoms with Gasteiger partial charge < -0.3 is 14.6 Å². The summed E-state index contributed by atoms with van der Waals surface area (Å²) in [6, 6.07) is 0. The van der Waals surface area contributed by atoms with Crippen LogP contribution in [0.4, 0.5) is 0 Å².